The molecule has 0 radical (unpaired) electrons. The van der Waals surface area contributed by atoms with E-state index in [2.05, 4.69) is 5.32 Å². The molecule has 2 amide bonds. The Morgan fingerprint density at radius 2 is 2.20 bits per heavy atom. The molecule has 2 unspecified atom stereocenters. The van der Waals surface area contributed by atoms with E-state index >= 15 is 0 Å². The van der Waals surface area contributed by atoms with E-state index < -0.39 is 6.10 Å². The normalized spacial score (nSPS) is 20.6. The molecule has 0 aliphatic carbocycles. The Balaban J connectivity index is 2.53. The predicted octanol–water partition coefficient (Wildman–Crippen LogP) is 0.258. The van der Waals surface area contributed by atoms with Crippen LogP contribution in [0.25, 0.3) is 0 Å². The van der Waals surface area contributed by atoms with Crippen LogP contribution in [0.4, 0.5) is 0 Å². The van der Waals surface area contributed by atoms with Gasteiger partial charge in [0.05, 0.1) is 0 Å². The summed E-state index contributed by atoms with van der Waals surface area (Å²) in [5.41, 5.74) is 5.34. The van der Waals surface area contributed by atoms with Gasteiger partial charge in [-0.05, 0) is 33.1 Å². The molecule has 1 aliphatic heterocycles. The van der Waals surface area contributed by atoms with Crippen molar-refractivity contribution in [3.05, 3.63) is 0 Å². The lowest BCUT2D eigenvalue weighted by molar-refractivity contribution is -0.146. The topological polar surface area (TPSA) is 84.7 Å². The molecule has 0 saturated carbocycles. The average Bonchev–Trinajstić information content (AvgIpc) is 2.45. The van der Waals surface area contributed by atoms with Gasteiger partial charge in [-0.3, -0.25) is 9.59 Å². The molecule has 6 nitrogen and oxygen atoms in total. The highest BCUT2D eigenvalue weighted by atomic mass is 16.5. The standard InChI is InChI=1S/C14H27N3O3/c1-3-20-11(2)14(19)17-9-5-4-6-12(17)10-16-13(18)7-8-15/h11-12H,3-10,15H2,1-2H3,(H,16,18). The van der Waals surface area contributed by atoms with Gasteiger partial charge in [0.25, 0.3) is 5.91 Å². The highest BCUT2D eigenvalue weighted by Gasteiger charge is 2.29. The second-order valence-electron chi connectivity index (χ2n) is 5.12. The minimum Gasteiger partial charge on any atom is -0.369 e. The van der Waals surface area contributed by atoms with Gasteiger partial charge in [-0.2, -0.15) is 0 Å². The molecule has 2 atom stereocenters. The van der Waals surface area contributed by atoms with Crippen molar-refractivity contribution in [2.45, 2.75) is 51.7 Å². The van der Waals surface area contributed by atoms with Crippen LogP contribution in [0, 0.1) is 0 Å². The molecule has 0 aromatic heterocycles. The molecule has 1 rings (SSSR count). The molecule has 0 aromatic carbocycles. The van der Waals surface area contributed by atoms with Crippen LogP contribution in [0.1, 0.15) is 39.5 Å². The molecule has 1 heterocycles. The highest BCUT2D eigenvalue weighted by Crippen LogP contribution is 2.18. The molecular weight excluding hydrogens is 258 g/mol. The highest BCUT2D eigenvalue weighted by molar-refractivity contribution is 5.81. The zero-order chi connectivity index (χ0) is 15.0. The number of amides is 2. The van der Waals surface area contributed by atoms with Crippen molar-refractivity contribution in [1.29, 1.82) is 0 Å². The Kier molecular flexibility index (Phi) is 7.54. The Bertz CT molecular complexity index is 323. The summed E-state index contributed by atoms with van der Waals surface area (Å²) in [5, 5.41) is 2.86. The van der Waals surface area contributed by atoms with Gasteiger partial charge in [0.1, 0.15) is 6.10 Å². The Morgan fingerprint density at radius 3 is 2.85 bits per heavy atom. The van der Waals surface area contributed by atoms with Crippen molar-refractivity contribution in [1.82, 2.24) is 10.2 Å². The van der Waals surface area contributed by atoms with Crippen LogP contribution in [-0.4, -0.2) is 55.1 Å². The molecule has 1 fully saturated rings. The van der Waals surface area contributed by atoms with Crippen LogP contribution in [0.2, 0.25) is 0 Å². The molecule has 0 bridgehead atoms. The fourth-order valence-corrected chi connectivity index (χ4v) is 2.51. The number of rotatable bonds is 7. The number of piperidine rings is 1. The Morgan fingerprint density at radius 1 is 1.45 bits per heavy atom. The van der Waals surface area contributed by atoms with Crippen molar-refractivity contribution < 1.29 is 14.3 Å². The number of carbonyl (C=O) groups is 2. The lowest BCUT2D eigenvalue weighted by Crippen LogP contribution is -2.52. The summed E-state index contributed by atoms with van der Waals surface area (Å²) >= 11 is 0. The molecule has 0 aromatic rings. The maximum atomic E-state index is 12.3. The van der Waals surface area contributed by atoms with Crippen molar-refractivity contribution in [2.24, 2.45) is 5.73 Å². The smallest absolute Gasteiger partial charge is 0.251 e. The van der Waals surface area contributed by atoms with Crippen LogP contribution >= 0.6 is 0 Å². The van der Waals surface area contributed by atoms with Crippen molar-refractivity contribution in [3.8, 4) is 0 Å². The molecule has 116 valence electrons. The molecule has 6 heteroatoms. The van der Waals surface area contributed by atoms with Gasteiger partial charge in [-0.15, -0.1) is 0 Å². The molecule has 20 heavy (non-hydrogen) atoms. The fourth-order valence-electron chi connectivity index (χ4n) is 2.51. The minimum absolute atomic E-state index is 0.0182. The number of carbonyl (C=O) groups excluding carboxylic acids is 2. The van der Waals surface area contributed by atoms with Crippen molar-refractivity contribution in [2.75, 3.05) is 26.2 Å². The van der Waals surface area contributed by atoms with E-state index in [-0.39, 0.29) is 17.9 Å². The van der Waals surface area contributed by atoms with Crippen molar-refractivity contribution >= 4 is 11.8 Å². The summed E-state index contributed by atoms with van der Waals surface area (Å²) in [6.07, 6.45) is 2.94. The number of nitrogens with two attached hydrogens (primary N) is 1. The lowest BCUT2D eigenvalue weighted by Gasteiger charge is -2.37. The van der Waals surface area contributed by atoms with Gasteiger partial charge in [-0.25, -0.2) is 0 Å². The van der Waals surface area contributed by atoms with Crippen LogP contribution in [-0.2, 0) is 14.3 Å². The average molecular weight is 285 g/mol. The van der Waals surface area contributed by atoms with E-state index in [1.54, 1.807) is 6.92 Å². The zero-order valence-corrected chi connectivity index (χ0v) is 12.6. The fraction of sp³-hybridized carbons (Fsp3) is 0.857. The van der Waals surface area contributed by atoms with Gasteiger partial charge in [0, 0.05) is 38.7 Å². The maximum Gasteiger partial charge on any atom is 0.251 e. The SMILES string of the molecule is CCOC(C)C(=O)N1CCCCC1CNC(=O)CCN. The summed E-state index contributed by atoms with van der Waals surface area (Å²) in [7, 11) is 0. The first-order chi connectivity index (χ1) is 9.60. The zero-order valence-electron chi connectivity index (χ0n) is 12.6. The molecule has 0 spiro atoms. The van der Waals surface area contributed by atoms with Gasteiger partial charge in [-0.1, -0.05) is 0 Å². The summed E-state index contributed by atoms with van der Waals surface area (Å²) in [4.78, 5) is 25.7. The first-order valence-electron chi connectivity index (χ1n) is 7.49. The number of likely N-dealkylation sites (tertiary alicyclic amines) is 1. The molecule has 1 aliphatic rings. The van der Waals surface area contributed by atoms with Crippen LogP contribution in [0.5, 0.6) is 0 Å². The number of ether oxygens (including phenoxy) is 1. The quantitative estimate of drug-likeness (QED) is 0.702. The van der Waals surface area contributed by atoms with Crippen LogP contribution in [0.3, 0.4) is 0 Å². The maximum absolute atomic E-state index is 12.3. The third-order valence-corrected chi connectivity index (χ3v) is 3.58. The third-order valence-electron chi connectivity index (χ3n) is 3.58. The van der Waals surface area contributed by atoms with E-state index in [1.807, 2.05) is 11.8 Å². The van der Waals surface area contributed by atoms with Gasteiger partial charge >= 0.3 is 0 Å². The third kappa shape index (κ3) is 5.09. The van der Waals surface area contributed by atoms with Gasteiger partial charge in [0.15, 0.2) is 0 Å². The van der Waals surface area contributed by atoms with Gasteiger partial charge in [0.2, 0.25) is 5.91 Å². The lowest BCUT2D eigenvalue weighted by atomic mass is 10.0. The minimum atomic E-state index is -0.416. The van der Waals surface area contributed by atoms with E-state index in [9.17, 15) is 9.59 Å². The second kappa shape index (κ2) is 8.92. The summed E-state index contributed by atoms with van der Waals surface area (Å²) < 4.78 is 5.37. The summed E-state index contributed by atoms with van der Waals surface area (Å²) in [6, 6.07) is 0.0703. The Labute approximate surface area is 121 Å². The number of hydrogen-bond acceptors (Lipinski definition) is 4. The number of nitrogens with zero attached hydrogens (tertiary/aromatic N) is 1. The predicted molar refractivity (Wildman–Crippen MR) is 77.1 cm³/mol. The van der Waals surface area contributed by atoms with E-state index in [4.69, 9.17) is 10.5 Å². The first kappa shape index (κ1) is 16.9. The van der Waals surface area contributed by atoms with E-state index in [0.717, 1.165) is 25.8 Å². The molecular formula is C14H27N3O3. The van der Waals surface area contributed by atoms with Crippen LogP contribution < -0.4 is 11.1 Å². The number of nitrogens with one attached hydrogen (secondary N) is 1. The largest absolute Gasteiger partial charge is 0.369 e. The van der Waals surface area contributed by atoms with Crippen LogP contribution in [0.15, 0.2) is 0 Å². The summed E-state index contributed by atoms with van der Waals surface area (Å²) in [5.74, 6) is -0.0343. The first-order valence-corrected chi connectivity index (χ1v) is 7.49. The monoisotopic (exact) mass is 285 g/mol. The van der Waals surface area contributed by atoms with Gasteiger partial charge < -0.3 is 20.7 Å². The summed E-state index contributed by atoms with van der Waals surface area (Å²) in [6.45, 7) is 5.78. The second-order valence-corrected chi connectivity index (χ2v) is 5.12. The van der Waals surface area contributed by atoms with E-state index in [1.165, 1.54) is 0 Å². The van der Waals surface area contributed by atoms with Crippen molar-refractivity contribution in [3.63, 3.8) is 0 Å². The number of hydrogen-bond donors (Lipinski definition) is 2. The van der Waals surface area contributed by atoms with E-state index in [0.29, 0.717) is 26.1 Å². The molecule has 3 N–H and O–H groups in total. The Hall–Kier alpha value is -1.14. The molecule has 1 saturated heterocycles.